The predicted molar refractivity (Wildman–Crippen MR) is 116 cm³/mol. The number of aliphatic imine (C=N–C) groups is 1. The summed E-state index contributed by atoms with van der Waals surface area (Å²) in [6.45, 7) is 5.07. The van der Waals surface area contributed by atoms with E-state index in [0.29, 0.717) is 6.42 Å². The molecule has 0 aliphatic carbocycles. The van der Waals surface area contributed by atoms with Gasteiger partial charge in [-0.15, -0.1) is 0 Å². The highest BCUT2D eigenvalue weighted by molar-refractivity contribution is 7.80. The summed E-state index contributed by atoms with van der Waals surface area (Å²) >= 11 is 3.95. The molecule has 0 saturated heterocycles. The van der Waals surface area contributed by atoms with E-state index in [1.807, 2.05) is 0 Å². The second-order valence-corrected chi connectivity index (χ2v) is 7.46. The van der Waals surface area contributed by atoms with Crippen molar-refractivity contribution in [3.05, 3.63) is 0 Å². The lowest BCUT2D eigenvalue weighted by Crippen LogP contribution is -2.57. The summed E-state index contributed by atoms with van der Waals surface area (Å²) in [5.74, 6) is -3.31. The minimum absolute atomic E-state index is 0.102. The number of nitrogens with one attached hydrogen (secondary N) is 3. The van der Waals surface area contributed by atoms with Gasteiger partial charge in [0.2, 0.25) is 17.7 Å². The van der Waals surface area contributed by atoms with E-state index < -0.39 is 47.9 Å². The Morgan fingerprint density at radius 2 is 1.60 bits per heavy atom. The minimum atomic E-state index is -1.22. The molecule has 0 aromatic heterocycles. The van der Waals surface area contributed by atoms with Gasteiger partial charge in [-0.25, -0.2) is 4.79 Å². The van der Waals surface area contributed by atoms with Gasteiger partial charge in [-0.3, -0.25) is 19.4 Å². The molecule has 0 aromatic rings. The third kappa shape index (κ3) is 10.3. The highest BCUT2D eigenvalue weighted by Gasteiger charge is 2.29. The van der Waals surface area contributed by atoms with Crippen LogP contribution in [0, 0.1) is 5.92 Å². The highest BCUT2D eigenvalue weighted by Crippen LogP contribution is 2.04. The zero-order valence-electron chi connectivity index (χ0n) is 17.4. The summed E-state index contributed by atoms with van der Waals surface area (Å²) in [4.78, 5) is 51.9. The first-order valence-corrected chi connectivity index (χ1v) is 10.1. The molecule has 4 unspecified atom stereocenters. The first-order chi connectivity index (χ1) is 13.9. The number of hydrogen-bond acceptors (Lipinski definition) is 7. The maximum absolute atomic E-state index is 12.5. The highest BCUT2D eigenvalue weighted by atomic mass is 32.1. The monoisotopic (exact) mass is 447 g/mol. The molecule has 0 radical (unpaired) electrons. The second kappa shape index (κ2) is 13.6. The van der Waals surface area contributed by atoms with Crippen LogP contribution in [-0.2, 0) is 19.2 Å². The number of carboxylic acid groups (broad SMARTS) is 1. The van der Waals surface area contributed by atoms with Crippen LogP contribution in [0.3, 0.4) is 0 Å². The number of nitrogens with two attached hydrogens (primary N) is 3. The third-order valence-electron chi connectivity index (χ3n) is 4.09. The molecule has 30 heavy (non-hydrogen) atoms. The number of carboxylic acids is 1. The summed E-state index contributed by atoms with van der Waals surface area (Å²) in [5.41, 5.74) is 16.0. The molecular formula is C17H33N7O5S. The zero-order valence-corrected chi connectivity index (χ0v) is 18.3. The molecule has 0 aromatic carbocycles. The van der Waals surface area contributed by atoms with Gasteiger partial charge in [0.15, 0.2) is 5.96 Å². The fraction of sp³-hybridized carbons (Fsp3) is 0.706. The Morgan fingerprint density at radius 1 is 1.00 bits per heavy atom. The van der Waals surface area contributed by atoms with Crippen molar-refractivity contribution in [2.75, 3.05) is 12.3 Å². The molecule has 3 amide bonds. The minimum Gasteiger partial charge on any atom is -0.480 e. The average molecular weight is 448 g/mol. The fourth-order valence-corrected chi connectivity index (χ4v) is 2.47. The molecular weight excluding hydrogens is 414 g/mol. The van der Waals surface area contributed by atoms with E-state index in [2.05, 4.69) is 33.6 Å². The summed E-state index contributed by atoms with van der Waals surface area (Å²) in [5, 5.41) is 16.6. The number of amides is 3. The maximum atomic E-state index is 12.5. The summed E-state index contributed by atoms with van der Waals surface area (Å²) < 4.78 is 0. The van der Waals surface area contributed by atoms with E-state index >= 15 is 0 Å². The summed E-state index contributed by atoms with van der Waals surface area (Å²) in [6, 6.07) is -4.00. The molecule has 0 bridgehead atoms. The molecule has 12 nitrogen and oxygen atoms in total. The van der Waals surface area contributed by atoms with Crippen LogP contribution in [0.2, 0.25) is 0 Å². The fourth-order valence-electron chi connectivity index (χ4n) is 2.30. The van der Waals surface area contributed by atoms with Gasteiger partial charge in [0.25, 0.3) is 0 Å². The van der Waals surface area contributed by atoms with E-state index in [4.69, 9.17) is 17.2 Å². The smallest absolute Gasteiger partial charge is 0.326 e. The molecule has 10 N–H and O–H groups in total. The van der Waals surface area contributed by atoms with Crippen molar-refractivity contribution in [2.45, 2.75) is 57.8 Å². The first-order valence-electron chi connectivity index (χ1n) is 9.46. The first kappa shape index (κ1) is 27.5. The number of nitrogens with zero attached hydrogens (tertiary/aromatic N) is 1. The number of carbonyl (C=O) groups excluding carboxylic acids is 3. The standard InChI is InChI=1S/C17H33N7O5S/c1-8(2)12(24-14(26)10(18)7-30)15(27)22-9(3)13(25)23-11(16(28)29)5-4-6-21-17(19)20/h8-12,30H,4-7,18H2,1-3H3,(H,22,27)(H,23,25)(H,24,26)(H,28,29)(H4,19,20,21). The van der Waals surface area contributed by atoms with Crippen molar-refractivity contribution in [3.8, 4) is 0 Å². The molecule has 0 heterocycles. The zero-order chi connectivity index (χ0) is 23.4. The van der Waals surface area contributed by atoms with Gasteiger partial charge in [-0.1, -0.05) is 13.8 Å². The Bertz CT molecular complexity index is 640. The van der Waals surface area contributed by atoms with Crippen molar-refractivity contribution in [3.63, 3.8) is 0 Å². The lowest BCUT2D eigenvalue weighted by molar-refractivity contribution is -0.142. The van der Waals surface area contributed by atoms with Gasteiger partial charge in [0.1, 0.15) is 18.1 Å². The molecule has 4 atom stereocenters. The SMILES string of the molecule is CC(NC(=O)C(NC(=O)C(N)CS)C(C)C)C(=O)NC(CCCN=C(N)N)C(=O)O. The van der Waals surface area contributed by atoms with Crippen molar-refractivity contribution in [2.24, 2.45) is 28.1 Å². The molecule has 0 rings (SSSR count). The largest absolute Gasteiger partial charge is 0.480 e. The van der Waals surface area contributed by atoms with Crippen LogP contribution in [0.5, 0.6) is 0 Å². The normalized spacial score (nSPS) is 14.7. The van der Waals surface area contributed by atoms with Crippen LogP contribution in [0.25, 0.3) is 0 Å². The van der Waals surface area contributed by atoms with Crippen molar-refractivity contribution in [1.82, 2.24) is 16.0 Å². The van der Waals surface area contributed by atoms with Gasteiger partial charge in [0.05, 0.1) is 6.04 Å². The Kier molecular flexibility index (Phi) is 12.5. The van der Waals surface area contributed by atoms with Crippen LogP contribution in [-0.4, -0.2) is 71.2 Å². The Labute approximate surface area is 181 Å². The van der Waals surface area contributed by atoms with Crippen LogP contribution >= 0.6 is 12.6 Å². The van der Waals surface area contributed by atoms with Gasteiger partial charge < -0.3 is 38.3 Å². The molecule has 172 valence electrons. The van der Waals surface area contributed by atoms with Gasteiger partial charge in [-0.05, 0) is 25.7 Å². The van der Waals surface area contributed by atoms with Crippen LogP contribution < -0.4 is 33.2 Å². The number of thiol groups is 1. The molecule has 0 aliphatic heterocycles. The Hall–Kier alpha value is -2.54. The van der Waals surface area contributed by atoms with Gasteiger partial charge in [0, 0.05) is 12.3 Å². The predicted octanol–water partition coefficient (Wildman–Crippen LogP) is -2.49. The van der Waals surface area contributed by atoms with E-state index in [9.17, 15) is 24.3 Å². The topological polar surface area (TPSA) is 215 Å². The lowest BCUT2D eigenvalue weighted by Gasteiger charge is -2.25. The quantitative estimate of drug-likeness (QED) is 0.0652. The Balaban J connectivity index is 4.88. The van der Waals surface area contributed by atoms with Crippen LogP contribution in [0.4, 0.5) is 0 Å². The average Bonchev–Trinajstić information content (AvgIpc) is 2.66. The van der Waals surface area contributed by atoms with Crippen molar-refractivity contribution < 1.29 is 24.3 Å². The van der Waals surface area contributed by atoms with Gasteiger partial charge in [-0.2, -0.15) is 12.6 Å². The maximum Gasteiger partial charge on any atom is 0.326 e. The number of rotatable bonds is 13. The number of carbonyl (C=O) groups is 4. The molecule has 13 heteroatoms. The van der Waals surface area contributed by atoms with E-state index in [0.717, 1.165) is 0 Å². The summed E-state index contributed by atoms with van der Waals surface area (Å²) in [7, 11) is 0. The second-order valence-electron chi connectivity index (χ2n) is 7.10. The van der Waals surface area contributed by atoms with E-state index in [1.165, 1.54) is 6.92 Å². The molecule has 0 aliphatic rings. The third-order valence-corrected chi connectivity index (χ3v) is 4.49. The summed E-state index contributed by atoms with van der Waals surface area (Å²) in [6.07, 6.45) is 0.438. The Morgan fingerprint density at radius 3 is 2.07 bits per heavy atom. The van der Waals surface area contributed by atoms with Crippen molar-refractivity contribution in [1.29, 1.82) is 0 Å². The number of guanidine groups is 1. The lowest BCUT2D eigenvalue weighted by atomic mass is 10.0. The van der Waals surface area contributed by atoms with E-state index in [1.54, 1.807) is 13.8 Å². The molecule has 0 saturated carbocycles. The van der Waals surface area contributed by atoms with Crippen LogP contribution in [0.15, 0.2) is 4.99 Å². The molecule has 0 fully saturated rings. The number of hydrogen-bond donors (Lipinski definition) is 8. The number of aliphatic carboxylic acids is 1. The van der Waals surface area contributed by atoms with Crippen molar-refractivity contribution >= 4 is 42.3 Å². The van der Waals surface area contributed by atoms with Gasteiger partial charge >= 0.3 is 5.97 Å². The van der Waals surface area contributed by atoms with Crippen LogP contribution in [0.1, 0.15) is 33.6 Å². The molecule has 0 spiro atoms. The van der Waals surface area contributed by atoms with E-state index in [-0.39, 0.29) is 30.6 Å².